The van der Waals surface area contributed by atoms with Crippen LogP contribution in [0.2, 0.25) is 10.0 Å². The summed E-state index contributed by atoms with van der Waals surface area (Å²) < 4.78 is 6.33. The Kier molecular flexibility index (Phi) is 4.07. The van der Waals surface area contributed by atoms with Gasteiger partial charge in [-0.25, -0.2) is 5.01 Å². The maximum Gasteiger partial charge on any atom is 0.213 e. The van der Waals surface area contributed by atoms with Crippen LogP contribution in [0.25, 0.3) is 0 Å². The molecule has 0 saturated heterocycles. The molecule has 0 unspecified atom stereocenters. The lowest BCUT2D eigenvalue weighted by atomic mass is 9.96. The first-order valence-electron chi connectivity index (χ1n) is 8.82. The van der Waals surface area contributed by atoms with Crippen LogP contribution in [0, 0.1) is 0 Å². The molecule has 0 spiro atoms. The zero-order chi connectivity index (χ0) is 18.4. The van der Waals surface area contributed by atoms with E-state index >= 15 is 0 Å². The van der Waals surface area contributed by atoms with Gasteiger partial charge in [-0.05, 0) is 24.3 Å². The van der Waals surface area contributed by atoms with Crippen LogP contribution >= 0.6 is 23.2 Å². The highest BCUT2D eigenvalue weighted by atomic mass is 35.5. The second-order valence-electron chi connectivity index (χ2n) is 6.69. The molecule has 27 heavy (non-hydrogen) atoms. The summed E-state index contributed by atoms with van der Waals surface area (Å²) >= 11 is 12.5. The van der Waals surface area contributed by atoms with Crippen molar-refractivity contribution in [3.8, 4) is 5.75 Å². The van der Waals surface area contributed by atoms with E-state index in [1.54, 1.807) is 0 Å². The number of hydrogen-bond donors (Lipinski definition) is 0. The van der Waals surface area contributed by atoms with Crippen LogP contribution in [-0.4, -0.2) is 10.7 Å². The molecule has 0 aliphatic carbocycles. The van der Waals surface area contributed by atoms with Gasteiger partial charge in [-0.2, -0.15) is 5.10 Å². The van der Waals surface area contributed by atoms with Gasteiger partial charge >= 0.3 is 0 Å². The molecule has 0 bridgehead atoms. The van der Waals surface area contributed by atoms with Gasteiger partial charge in [0.1, 0.15) is 5.75 Å². The van der Waals surface area contributed by atoms with Crippen molar-refractivity contribution in [3.63, 3.8) is 0 Å². The lowest BCUT2D eigenvalue weighted by Gasteiger charge is -2.38. The van der Waals surface area contributed by atoms with Gasteiger partial charge in [-0.1, -0.05) is 71.7 Å². The van der Waals surface area contributed by atoms with Crippen molar-refractivity contribution in [2.45, 2.75) is 18.7 Å². The highest BCUT2D eigenvalue weighted by Crippen LogP contribution is 2.47. The number of rotatable bonds is 2. The third-order valence-electron chi connectivity index (χ3n) is 5.04. The Morgan fingerprint density at radius 3 is 2.44 bits per heavy atom. The first kappa shape index (κ1) is 16.7. The fourth-order valence-electron chi connectivity index (χ4n) is 3.74. The van der Waals surface area contributed by atoms with Crippen molar-refractivity contribution in [2.24, 2.45) is 5.10 Å². The maximum atomic E-state index is 6.43. The fourth-order valence-corrected chi connectivity index (χ4v) is 4.11. The minimum Gasteiger partial charge on any atom is -0.464 e. The van der Waals surface area contributed by atoms with E-state index in [1.807, 2.05) is 71.7 Å². The monoisotopic (exact) mass is 394 g/mol. The highest BCUT2D eigenvalue weighted by molar-refractivity contribution is 6.34. The zero-order valence-electron chi connectivity index (χ0n) is 14.3. The van der Waals surface area contributed by atoms with Crippen molar-refractivity contribution in [1.82, 2.24) is 5.01 Å². The third kappa shape index (κ3) is 2.88. The van der Waals surface area contributed by atoms with Crippen molar-refractivity contribution >= 4 is 28.9 Å². The molecule has 3 aromatic rings. The number of halogens is 2. The molecule has 2 atom stereocenters. The summed E-state index contributed by atoms with van der Waals surface area (Å²) in [5, 5.41) is 8.39. The van der Waals surface area contributed by atoms with Crippen LogP contribution < -0.4 is 4.74 Å². The molecule has 0 N–H and O–H groups in total. The lowest BCUT2D eigenvalue weighted by molar-refractivity contribution is -0.0190. The van der Waals surface area contributed by atoms with E-state index in [4.69, 9.17) is 33.0 Å². The Hall–Kier alpha value is -2.49. The average Bonchev–Trinajstić information content (AvgIpc) is 3.14. The summed E-state index contributed by atoms with van der Waals surface area (Å²) in [5.74, 6) is 0.898. The first-order chi connectivity index (χ1) is 13.2. The molecular formula is C22H16Cl2N2O. The molecule has 0 radical (unpaired) electrons. The van der Waals surface area contributed by atoms with E-state index in [0.29, 0.717) is 10.0 Å². The number of nitrogens with zero attached hydrogens (tertiary/aromatic N) is 2. The summed E-state index contributed by atoms with van der Waals surface area (Å²) in [6, 6.07) is 23.8. The first-order valence-corrected chi connectivity index (χ1v) is 9.58. The smallest absolute Gasteiger partial charge is 0.213 e. The van der Waals surface area contributed by atoms with Gasteiger partial charge in [0.15, 0.2) is 0 Å². The molecule has 0 saturated carbocycles. The predicted octanol–water partition coefficient (Wildman–Crippen LogP) is 6.24. The van der Waals surface area contributed by atoms with Crippen molar-refractivity contribution in [3.05, 3.63) is 99.5 Å². The standard InChI is InChI=1S/C22H16Cl2N2O/c23-15-11-9-14(10-12-15)22-26-20(17-6-2-4-8-21(17)27-22)13-19(25-26)16-5-1-3-7-18(16)24/h1-12,20,22H,13H2/t20-,22+/m1/s1. The van der Waals surface area contributed by atoms with Crippen LogP contribution in [0.1, 0.15) is 35.4 Å². The predicted molar refractivity (Wildman–Crippen MR) is 108 cm³/mol. The van der Waals surface area contributed by atoms with Gasteiger partial charge < -0.3 is 4.74 Å². The third-order valence-corrected chi connectivity index (χ3v) is 5.62. The van der Waals surface area contributed by atoms with Crippen LogP contribution in [0.5, 0.6) is 5.75 Å². The lowest BCUT2D eigenvalue weighted by Crippen LogP contribution is -2.33. The molecule has 2 heterocycles. The second-order valence-corrected chi connectivity index (χ2v) is 7.53. The quantitative estimate of drug-likeness (QED) is 0.513. The number of fused-ring (bicyclic) bond motifs is 3. The van der Waals surface area contributed by atoms with Crippen LogP contribution in [0.15, 0.2) is 77.9 Å². The average molecular weight is 395 g/mol. The molecule has 3 aromatic carbocycles. The summed E-state index contributed by atoms with van der Waals surface area (Å²) in [7, 11) is 0. The number of hydrazone groups is 1. The van der Waals surface area contributed by atoms with Gasteiger partial charge in [0.25, 0.3) is 0 Å². The molecule has 2 aliphatic heterocycles. The van der Waals surface area contributed by atoms with Gasteiger partial charge in [0.05, 0.1) is 11.8 Å². The molecule has 3 nitrogen and oxygen atoms in total. The number of hydrogen-bond acceptors (Lipinski definition) is 3. The van der Waals surface area contributed by atoms with Crippen molar-refractivity contribution in [1.29, 1.82) is 0 Å². The number of para-hydroxylation sites is 1. The summed E-state index contributed by atoms with van der Waals surface area (Å²) in [6.07, 6.45) is 0.482. The number of benzene rings is 3. The van der Waals surface area contributed by atoms with Crippen molar-refractivity contribution in [2.75, 3.05) is 0 Å². The Morgan fingerprint density at radius 2 is 1.63 bits per heavy atom. The molecular weight excluding hydrogens is 379 g/mol. The Labute approximate surface area is 167 Å². The summed E-state index contributed by atoms with van der Waals surface area (Å²) in [4.78, 5) is 0. The second kappa shape index (κ2) is 6.59. The van der Waals surface area contributed by atoms with Crippen LogP contribution in [-0.2, 0) is 0 Å². The van der Waals surface area contributed by atoms with E-state index in [1.165, 1.54) is 0 Å². The Morgan fingerprint density at radius 1 is 0.889 bits per heavy atom. The summed E-state index contributed by atoms with van der Waals surface area (Å²) in [6.45, 7) is 0. The molecule has 2 aliphatic rings. The number of ether oxygens (including phenoxy) is 1. The minimum atomic E-state index is -0.304. The highest BCUT2D eigenvalue weighted by Gasteiger charge is 2.41. The normalized spacial score (nSPS) is 20.5. The minimum absolute atomic E-state index is 0.113. The van der Waals surface area contributed by atoms with Gasteiger partial charge in [0.2, 0.25) is 6.23 Å². The van der Waals surface area contributed by atoms with E-state index in [9.17, 15) is 0 Å². The Bertz CT molecular complexity index is 1030. The van der Waals surface area contributed by atoms with E-state index in [-0.39, 0.29) is 12.3 Å². The maximum absolute atomic E-state index is 6.43. The van der Waals surface area contributed by atoms with Crippen LogP contribution in [0.4, 0.5) is 0 Å². The topological polar surface area (TPSA) is 24.8 Å². The molecule has 134 valence electrons. The molecule has 5 rings (SSSR count). The van der Waals surface area contributed by atoms with Crippen molar-refractivity contribution < 1.29 is 4.74 Å². The van der Waals surface area contributed by atoms with Gasteiger partial charge in [0, 0.05) is 33.2 Å². The molecule has 0 fully saturated rings. The fraction of sp³-hybridized carbons (Fsp3) is 0.136. The van der Waals surface area contributed by atoms with E-state index in [0.717, 1.165) is 34.6 Å². The molecule has 5 heteroatoms. The zero-order valence-corrected chi connectivity index (χ0v) is 15.9. The van der Waals surface area contributed by atoms with Gasteiger partial charge in [-0.3, -0.25) is 0 Å². The van der Waals surface area contributed by atoms with Gasteiger partial charge in [-0.15, -0.1) is 0 Å². The molecule has 0 amide bonds. The van der Waals surface area contributed by atoms with E-state index < -0.39 is 0 Å². The van der Waals surface area contributed by atoms with Crippen LogP contribution in [0.3, 0.4) is 0 Å². The largest absolute Gasteiger partial charge is 0.464 e. The molecule has 0 aromatic heterocycles. The summed E-state index contributed by atoms with van der Waals surface area (Å²) in [5.41, 5.74) is 4.11. The SMILES string of the molecule is Clc1ccc([C@@H]2Oc3ccccc3[C@H]3CC(c4ccccc4Cl)=NN32)cc1. The van der Waals surface area contributed by atoms with E-state index in [2.05, 4.69) is 6.07 Å². The Balaban J connectivity index is 1.61.